The zero-order valence-electron chi connectivity index (χ0n) is 12.8. The molecule has 0 aliphatic heterocycles. The SMILES string of the molecule is Cc1cc(Cl)cc2sc(NC(=O)CCSc3ccc(Cl)cc3)nc12. The molecule has 0 aliphatic rings. The number of nitrogens with zero attached hydrogens (tertiary/aromatic N) is 1. The number of thioether (sulfide) groups is 1. The van der Waals surface area contributed by atoms with Crippen molar-refractivity contribution in [2.75, 3.05) is 11.1 Å². The van der Waals surface area contributed by atoms with Crippen LogP contribution in [0, 0.1) is 6.92 Å². The lowest BCUT2D eigenvalue weighted by molar-refractivity contribution is -0.115. The van der Waals surface area contributed by atoms with Crippen molar-refractivity contribution in [2.24, 2.45) is 0 Å². The number of aryl methyl sites for hydroxylation is 1. The molecule has 1 aromatic heterocycles. The first-order valence-electron chi connectivity index (χ1n) is 7.26. The van der Waals surface area contributed by atoms with Gasteiger partial charge in [0.1, 0.15) is 0 Å². The number of amides is 1. The normalized spacial score (nSPS) is 11.0. The maximum absolute atomic E-state index is 12.1. The van der Waals surface area contributed by atoms with Crippen molar-refractivity contribution >= 4 is 67.6 Å². The molecule has 1 N–H and O–H groups in total. The molecule has 124 valence electrons. The van der Waals surface area contributed by atoms with Crippen LogP contribution in [0.25, 0.3) is 10.2 Å². The molecule has 0 atom stereocenters. The minimum Gasteiger partial charge on any atom is -0.302 e. The van der Waals surface area contributed by atoms with Gasteiger partial charge in [0.2, 0.25) is 5.91 Å². The van der Waals surface area contributed by atoms with Gasteiger partial charge in [-0.15, -0.1) is 11.8 Å². The fourth-order valence-corrected chi connectivity index (χ4v) is 4.50. The van der Waals surface area contributed by atoms with Crippen LogP contribution in [0.1, 0.15) is 12.0 Å². The molecule has 3 rings (SSSR count). The van der Waals surface area contributed by atoms with E-state index in [1.165, 1.54) is 11.3 Å². The highest BCUT2D eigenvalue weighted by Crippen LogP contribution is 2.31. The largest absolute Gasteiger partial charge is 0.302 e. The van der Waals surface area contributed by atoms with Crippen molar-refractivity contribution in [1.29, 1.82) is 0 Å². The maximum Gasteiger partial charge on any atom is 0.226 e. The number of nitrogens with one attached hydrogen (secondary N) is 1. The standard InChI is InChI=1S/C17H14Cl2N2OS2/c1-10-8-12(19)9-14-16(10)21-17(24-14)20-15(22)6-7-23-13-4-2-11(18)3-5-13/h2-5,8-9H,6-7H2,1H3,(H,20,21,22). The quantitative estimate of drug-likeness (QED) is 0.535. The lowest BCUT2D eigenvalue weighted by Crippen LogP contribution is -2.11. The van der Waals surface area contributed by atoms with Crippen LogP contribution in [0.15, 0.2) is 41.3 Å². The van der Waals surface area contributed by atoms with Gasteiger partial charge >= 0.3 is 0 Å². The van der Waals surface area contributed by atoms with E-state index in [2.05, 4.69) is 10.3 Å². The number of halogens is 2. The van der Waals surface area contributed by atoms with Gasteiger partial charge in [0.25, 0.3) is 0 Å². The van der Waals surface area contributed by atoms with Crippen LogP contribution in [0.4, 0.5) is 5.13 Å². The number of hydrogen-bond donors (Lipinski definition) is 1. The van der Waals surface area contributed by atoms with Crippen molar-refractivity contribution in [3.05, 3.63) is 52.0 Å². The van der Waals surface area contributed by atoms with E-state index in [0.29, 0.717) is 27.4 Å². The molecule has 1 amide bonds. The van der Waals surface area contributed by atoms with Gasteiger partial charge in [0.05, 0.1) is 10.2 Å². The molecule has 0 aliphatic carbocycles. The second-order valence-corrected chi connectivity index (χ2v) is 8.26. The van der Waals surface area contributed by atoms with Crippen molar-refractivity contribution in [2.45, 2.75) is 18.2 Å². The zero-order valence-corrected chi connectivity index (χ0v) is 16.0. The first-order chi connectivity index (χ1) is 11.5. The van der Waals surface area contributed by atoms with Crippen LogP contribution in [0.2, 0.25) is 10.0 Å². The highest BCUT2D eigenvalue weighted by molar-refractivity contribution is 7.99. The van der Waals surface area contributed by atoms with Gasteiger partial charge in [0.15, 0.2) is 5.13 Å². The fraction of sp³-hybridized carbons (Fsp3) is 0.176. The third-order valence-corrected chi connectivity index (χ3v) is 5.71. The Balaban J connectivity index is 1.57. The summed E-state index contributed by atoms with van der Waals surface area (Å²) in [6, 6.07) is 11.3. The van der Waals surface area contributed by atoms with Crippen molar-refractivity contribution in [3.8, 4) is 0 Å². The summed E-state index contributed by atoms with van der Waals surface area (Å²) in [6.45, 7) is 1.96. The highest BCUT2D eigenvalue weighted by Gasteiger charge is 2.10. The molecule has 0 spiro atoms. The van der Waals surface area contributed by atoms with Gasteiger partial charge in [-0.1, -0.05) is 34.5 Å². The molecule has 1 heterocycles. The van der Waals surface area contributed by atoms with E-state index in [1.807, 2.05) is 43.3 Å². The topological polar surface area (TPSA) is 42.0 Å². The summed E-state index contributed by atoms with van der Waals surface area (Å²) >= 11 is 15.0. The lowest BCUT2D eigenvalue weighted by atomic mass is 10.2. The van der Waals surface area contributed by atoms with Gasteiger partial charge in [-0.25, -0.2) is 4.98 Å². The Morgan fingerprint density at radius 1 is 1.21 bits per heavy atom. The number of anilines is 1. The summed E-state index contributed by atoms with van der Waals surface area (Å²) in [7, 11) is 0. The number of aromatic nitrogens is 1. The number of fused-ring (bicyclic) bond motifs is 1. The molecule has 0 saturated carbocycles. The van der Waals surface area contributed by atoms with Crippen molar-refractivity contribution in [3.63, 3.8) is 0 Å². The van der Waals surface area contributed by atoms with Gasteiger partial charge in [-0.2, -0.15) is 0 Å². The first-order valence-corrected chi connectivity index (χ1v) is 9.82. The van der Waals surface area contributed by atoms with E-state index in [-0.39, 0.29) is 5.91 Å². The predicted octanol–water partition coefficient (Wildman–Crippen LogP) is 6.03. The number of carbonyl (C=O) groups excluding carboxylic acids is 1. The molecule has 2 aromatic carbocycles. The smallest absolute Gasteiger partial charge is 0.226 e. The number of benzene rings is 2. The monoisotopic (exact) mass is 396 g/mol. The summed E-state index contributed by atoms with van der Waals surface area (Å²) in [4.78, 5) is 17.7. The molecular formula is C17H14Cl2N2OS2. The van der Waals surface area contributed by atoms with E-state index in [0.717, 1.165) is 20.7 Å². The minimum absolute atomic E-state index is 0.0423. The number of rotatable bonds is 5. The Kier molecular flexibility index (Phi) is 5.66. The van der Waals surface area contributed by atoms with E-state index in [4.69, 9.17) is 23.2 Å². The third-order valence-electron chi connectivity index (χ3n) is 3.31. The molecule has 0 bridgehead atoms. The molecule has 0 unspecified atom stereocenters. The molecule has 0 radical (unpaired) electrons. The van der Waals surface area contributed by atoms with Crippen molar-refractivity contribution in [1.82, 2.24) is 4.98 Å². The molecule has 3 aromatic rings. The van der Waals surface area contributed by atoms with E-state index >= 15 is 0 Å². The molecule has 0 saturated heterocycles. The van der Waals surface area contributed by atoms with Crippen LogP contribution in [-0.4, -0.2) is 16.6 Å². The Morgan fingerprint density at radius 3 is 2.71 bits per heavy atom. The van der Waals surface area contributed by atoms with E-state index in [1.54, 1.807) is 11.8 Å². The highest BCUT2D eigenvalue weighted by atomic mass is 35.5. The summed E-state index contributed by atoms with van der Waals surface area (Å²) in [5, 5.41) is 4.87. The van der Waals surface area contributed by atoms with Gasteiger partial charge in [-0.05, 0) is 48.9 Å². The number of hydrogen-bond acceptors (Lipinski definition) is 4. The summed E-state index contributed by atoms with van der Waals surface area (Å²) in [5.74, 6) is 0.655. The lowest BCUT2D eigenvalue weighted by Gasteiger charge is -2.02. The Labute approximate surface area is 158 Å². The van der Waals surface area contributed by atoms with Gasteiger partial charge < -0.3 is 5.32 Å². The van der Waals surface area contributed by atoms with Gasteiger partial charge in [-0.3, -0.25) is 4.79 Å². The Bertz CT molecular complexity index is 878. The predicted molar refractivity (Wildman–Crippen MR) is 105 cm³/mol. The van der Waals surface area contributed by atoms with E-state index in [9.17, 15) is 4.79 Å². The first kappa shape index (κ1) is 17.5. The van der Waals surface area contributed by atoms with Crippen molar-refractivity contribution < 1.29 is 4.79 Å². The van der Waals surface area contributed by atoms with E-state index < -0.39 is 0 Å². The Morgan fingerprint density at radius 2 is 1.96 bits per heavy atom. The molecule has 7 heteroatoms. The molecule has 24 heavy (non-hydrogen) atoms. The van der Waals surface area contributed by atoms with Crippen LogP contribution in [0.5, 0.6) is 0 Å². The van der Waals surface area contributed by atoms with Crippen LogP contribution in [0.3, 0.4) is 0 Å². The second kappa shape index (κ2) is 7.74. The average molecular weight is 397 g/mol. The summed E-state index contributed by atoms with van der Waals surface area (Å²) < 4.78 is 0.978. The average Bonchev–Trinajstić information content (AvgIpc) is 2.92. The molecular weight excluding hydrogens is 383 g/mol. The fourth-order valence-electron chi connectivity index (χ4n) is 2.18. The maximum atomic E-state index is 12.1. The number of thiazole rings is 1. The third kappa shape index (κ3) is 4.42. The van der Waals surface area contributed by atoms with Gasteiger partial charge in [0, 0.05) is 27.1 Å². The minimum atomic E-state index is -0.0423. The van der Waals surface area contributed by atoms with Crippen LogP contribution >= 0.6 is 46.3 Å². The summed E-state index contributed by atoms with van der Waals surface area (Å²) in [6.07, 6.45) is 0.420. The summed E-state index contributed by atoms with van der Waals surface area (Å²) in [5.41, 5.74) is 1.89. The number of carbonyl (C=O) groups is 1. The Hall–Kier alpha value is -1.27. The zero-order chi connectivity index (χ0) is 17.1. The second-order valence-electron chi connectivity index (χ2n) is 5.19. The van der Waals surface area contributed by atoms with Crippen LogP contribution < -0.4 is 5.32 Å². The molecule has 3 nitrogen and oxygen atoms in total. The van der Waals surface area contributed by atoms with Crippen LogP contribution in [-0.2, 0) is 4.79 Å². The molecule has 0 fully saturated rings.